The molecule has 1 fully saturated rings. The molecule has 1 aromatic carbocycles. The lowest BCUT2D eigenvalue weighted by molar-refractivity contribution is -0.116. The predicted octanol–water partition coefficient (Wildman–Crippen LogP) is 2.87. The quantitative estimate of drug-likeness (QED) is 0.607. The van der Waals surface area contributed by atoms with Crippen LogP contribution in [0.3, 0.4) is 0 Å². The third-order valence-corrected chi connectivity index (χ3v) is 7.05. The molecule has 0 spiro atoms. The van der Waals surface area contributed by atoms with E-state index in [9.17, 15) is 18.0 Å². The van der Waals surface area contributed by atoms with Crippen LogP contribution in [0.1, 0.15) is 53.0 Å². The van der Waals surface area contributed by atoms with Crippen LogP contribution in [-0.2, 0) is 14.8 Å². The number of aromatic amines is 1. The molecule has 1 aromatic heterocycles. The van der Waals surface area contributed by atoms with Gasteiger partial charge in [-0.05, 0) is 52.2 Å². The van der Waals surface area contributed by atoms with Gasteiger partial charge in [-0.3, -0.25) is 9.59 Å². The largest absolute Gasteiger partial charge is 0.361 e. The Morgan fingerprint density at radius 2 is 1.65 bits per heavy atom. The number of nitrogens with one attached hydrogen (secondary N) is 3. The molecule has 0 bridgehead atoms. The van der Waals surface area contributed by atoms with Gasteiger partial charge in [-0.15, -0.1) is 0 Å². The van der Waals surface area contributed by atoms with Gasteiger partial charge in [0.05, 0.1) is 5.56 Å². The van der Waals surface area contributed by atoms with Gasteiger partial charge in [0, 0.05) is 43.1 Å². The first-order chi connectivity index (χ1) is 14.7. The summed E-state index contributed by atoms with van der Waals surface area (Å²) < 4.78 is 28.5. The van der Waals surface area contributed by atoms with E-state index in [1.54, 1.807) is 30.9 Å². The molecule has 3 rings (SSSR count). The number of H-pyrrole nitrogens is 1. The second kappa shape index (κ2) is 9.65. The highest BCUT2D eigenvalue weighted by atomic mass is 32.2. The van der Waals surface area contributed by atoms with Crippen molar-refractivity contribution in [3.8, 4) is 0 Å². The Labute approximate surface area is 183 Å². The predicted molar refractivity (Wildman–Crippen MR) is 120 cm³/mol. The van der Waals surface area contributed by atoms with Gasteiger partial charge in [0.15, 0.2) is 0 Å². The van der Waals surface area contributed by atoms with Crippen molar-refractivity contribution < 1.29 is 18.0 Å². The maximum absolute atomic E-state index is 13.1. The summed E-state index contributed by atoms with van der Waals surface area (Å²) >= 11 is 0. The van der Waals surface area contributed by atoms with Crippen molar-refractivity contribution in [2.24, 2.45) is 0 Å². The number of hydrogen-bond acceptors (Lipinski definition) is 4. The van der Waals surface area contributed by atoms with Gasteiger partial charge < -0.3 is 15.2 Å². The molecule has 168 valence electrons. The van der Waals surface area contributed by atoms with E-state index in [-0.39, 0.29) is 35.2 Å². The molecule has 1 saturated heterocycles. The van der Waals surface area contributed by atoms with Crippen molar-refractivity contribution in [2.45, 2.75) is 51.3 Å². The summed E-state index contributed by atoms with van der Waals surface area (Å²) in [7, 11) is -3.97. The summed E-state index contributed by atoms with van der Waals surface area (Å²) in [5.74, 6) is -0.558. The number of likely N-dealkylation sites (tertiary alicyclic amines) is 1. The van der Waals surface area contributed by atoms with Gasteiger partial charge in [0.1, 0.15) is 4.90 Å². The standard InChI is InChI=1S/C22H30N4O4S/c1-15-7-9-18(10-8-15)25-19(27)11-12-23-31(29,30)21-17(3)24-16(2)20(21)22(28)26-13-5-4-6-14-26/h7-10,23-24H,4-6,11-14H2,1-3H3,(H,25,27). The Morgan fingerprint density at radius 1 is 1.00 bits per heavy atom. The smallest absolute Gasteiger partial charge is 0.257 e. The topological polar surface area (TPSA) is 111 Å². The molecular formula is C22H30N4O4S. The zero-order valence-electron chi connectivity index (χ0n) is 18.2. The molecule has 2 heterocycles. The van der Waals surface area contributed by atoms with E-state index in [2.05, 4.69) is 15.0 Å². The fourth-order valence-electron chi connectivity index (χ4n) is 3.84. The average molecular weight is 447 g/mol. The molecule has 0 atom stereocenters. The molecule has 0 radical (unpaired) electrons. The number of amides is 2. The normalized spacial score (nSPS) is 14.5. The van der Waals surface area contributed by atoms with Crippen LogP contribution in [0.4, 0.5) is 5.69 Å². The average Bonchev–Trinajstić information content (AvgIpc) is 3.04. The Balaban J connectivity index is 1.68. The molecule has 1 aliphatic heterocycles. The fourth-order valence-corrected chi connectivity index (χ4v) is 5.32. The number of sulfonamides is 1. The lowest BCUT2D eigenvalue weighted by atomic mass is 10.1. The highest BCUT2D eigenvalue weighted by Crippen LogP contribution is 2.26. The Kier molecular flexibility index (Phi) is 7.17. The third kappa shape index (κ3) is 5.54. The summed E-state index contributed by atoms with van der Waals surface area (Å²) in [4.78, 5) is 29.9. The number of hydrogen-bond donors (Lipinski definition) is 3. The number of carbonyl (C=O) groups excluding carboxylic acids is 2. The van der Waals surface area contributed by atoms with Crippen molar-refractivity contribution in [3.63, 3.8) is 0 Å². The van der Waals surface area contributed by atoms with Gasteiger partial charge in [-0.25, -0.2) is 13.1 Å². The van der Waals surface area contributed by atoms with Crippen LogP contribution in [0.25, 0.3) is 0 Å². The molecule has 2 amide bonds. The van der Waals surface area contributed by atoms with Crippen LogP contribution in [0.15, 0.2) is 29.2 Å². The van der Waals surface area contributed by atoms with Crippen LogP contribution in [0.2, 0.25) is 0 Å². The second-order valence-electron chi connectivity index (χ2n) is 7.99. The molecule has 3 N–H and O–H groups in total. The maximum atomic E-state index is 13.1. The minimum Gasteiger partial charge on any atom is -0.361 e. The van der Waals surface area contributed by atoms with E-state index in [1.807, 2.05) is 19.1 Å². The number of nitrogens with zero attached hydrogens (tertiary/aromatic N) is 1. The number of piperidine rings is 1. The highest BCUT2D eigenvalue weighted by Gasteiger charge is 2.31. The van der Waals surface area contributed by atoms with E-state index in [0.717, 1.165) is 24.8 Å². The fraction of sp³-hybridized carbons (Fsp3) is 0.455. The third-order valence-electron chi connectivity index (χ3n) is 5.42. The van der Waals surface area contributed by atoms with Crippen LogP contribution >= 0.6 is 0 Å². The van der Waals surface area contributed by atoms with Crippen LogP contribution in [0.5, 0.6) is 0 Å². The maximum Gasteiger partial charge on any atom is 0.257 e. The summed E-state index contributed by atoms with van der Waals surface area (Å²) in [6.07, 6.45) is 2.90. The van der Waals surface area contributed by atoms with Crippen LogP contribution in [-0.4, -0.2) is 49.8 Å². The van der Waals surface area contributed by atoms with E-state index in [0.29, 0.717) is 30.2 Å². The first-order valence-electron chi connectivity index (χ1n) is 10.5. The molecule has 0 saturated carbocycles. The van der Waals surface area contributed by atoms with E-state index in [1.165, 1.54) is 0 Å². The lowest BCUT2D eigenvalue weighted by Gasteiger charge is -2.27. The monoisotopic (exact) mass is 446 g/mol. The zero-order chi connectivity index (χ0) is 22.6. The number of carbonyl (C=O) groups is 2. The molecule has 0 unspecified atom stereocenters. The lowest BCUT2D eigenvalue weighted by Crippen LogP contribution is -2.37. The van der Waals surface area contributed by atoms with Gasteiger partial charge in [-0.2, -0.15) is 0 Å². The van der Waals surface area contributed by atoms with Gasteiger partial charge in [-0.1, -0.05) is 17.7 Å². The van der Waals surface area contributed by atoms with Crippen molar-refractivity contribution in [3.05, 3.63) is 46.8 Å². The van der Waals surface area contributed by atoms with Crippen LogP contribution < -0.4 is 10.0 Å². The minimum absolute atomic E-state index is 0.0229. The van der Waals surface area contributed by atoms with Gasteiger partial charge >= 0.3 is 0 Å². The highest BCUT2D eigenvalue weighted by molar-refractivity contribution is 7.89. The number of benzene rings is 1. The molecule has 31 heavy (non-hydrogen) atoms. The van der Waals surface area contributed by atoms with Crippen molar-refractivity contribution >= 4 is 27.5 Å². The molecule has 9 heteroatoms. The number of rotatable bonds is 7. The molecule has 8 nitrogen and oxygen atoms in total. The summed E-state index contributed by atoms with van der Waals surface area (Å²) in [5.41, 5.74) is 2.87. The molecule has 1 aliphatic rings. The molecular weight excluding hydrogens is 416 g/mol. The van der Waals surface area contributed by atoms with E-state index < -0.39 is 10.0 Å². The SMILES string of the molecule is Cc1ccc(NC(=O)CCNS(=O)(=O)c2c(C)[nH]c(C)c2C(=O)N2CCCCC2)cc1. The summed E-state index contributed by atoms with van der Waals surface area (Å²) in [6, 6.07) is 7.36. The first kappa shape index (κ1) is 23.0. The minimum atomic E-state index is -3.97. The van der Waals surface area contributed by atoms with Crippen molar-refractivity contribution in [1.29, 1.82) is 0 Å². The zero-order valence-corrected chi connectivity index (χ0v) is 19.1. The number of anilines is 1. The Morgan fingerprint density at radius 3 is 2.29 bits per heavy atom. The Bertz CT molecular complexity index is 1050. The summed E-state index contributed by atoms with van der Waals surface area (Å²) in [5, 5.41) is 2.74. The van der Waals surface area contributed by atoms with Gasteiger partial charge in [0.25, 0.3) is 5.91 Å². The number of aromatic nitrogens is 1. The Hall–Kier alpha value is -2.65. The van der Waals surface area contributed by atoms with E-state index >= 15 is 0 Å². The van der Waals surface area contributed by atoms with E-state index in [4.69, 9.17) is 0 Å². The summed E-state index contributed by atoms with van der Waals surface area (Å²) in [6.45, 7) is 6.50. The molecule has 0 aliphatic carbocycles. The van der Waals surface area contributed by atoms with Crippen molar-refractivity contribution in [1.82, 2.24) is 14.6 Å². The van der Waals surface area contributed by atoms with Gasteiger partial charge in [0.2, 0.25) is 15.9 Å². The first-order valence-corrected chi connectivity index (χ1v) is 12.0. The van der Waals surface area contributed by atoms with Crippen molar-refractivity contribution in [2.75, 3.05) is 25.0 Å². The number of aryl methyl sites for hydroxylation is 3. The molecule has 2 aromatic rings. The second-order valence-corrected chi connectivity index (χ2v) is 9.70. The van der Waals surface area contributed by atoms with Crippen LogP contribution in [0, 0.1) is 20.8 Å².